The molecule has 26 heavy (non-hydrogen) atoms. The van der Waals surface area contributed by atoms with Crippen LogP contribution in [0.3, 0.4) is 0 Å². The van der Waals surface area contributed by atoms with Gasteiger partial charge in [0.05, 0.1) is 12.2 Å². The van der Waals surface area contributed by atoms with Crippen LogP contribution in [0, 0.1) is 59.2 Å². The molecule has 6 atom stereocenters. The zero-order chi connectivity index (χ0) is 19.8. The third kappa shape index (κ3) is 4.32. The smallest absolute Gasteiger partial charge is 0.0626 e. The molecule has 0 aromatic rings. The van der Waals surface area contributed by atoms with E-state index in [0.29, 0.717) is 53.3 Å². The van der Waals surface area contributed by atoms with Gasteiger partial charge in [0.25, 0.3) is 0 Å². The molecule has 2 saturated carbocycles. The summed E-state index contributed by atoms with van der Waals surface area (Å²) in [6, 6.07) is 0. The summed E-state index contributed by atoms with van der Waals surface area (Å²) in [5.74, 6) is 4.74. The van der Waals surface area contributed by atoms with Crippen LogP contribution in [-0.2, 0) is 0 Å². The van der Waals surface area contributed by atoms with Crippen LogP contribution in [0.15, 0.2) is 0 Å². The lowest BCUT2D eigenvalue weighted by atomic mass is 9.55. The minimum Gasteiger partial charge on any atom is -0.392 e. The molecule has 2 N–H and O–H groups in total. The maximum atomic E-state index is 11.4. The van der Waals surface area contributed by atoms with E-state index in [9.17, 15) is 10.2 Å². The second kappa shape index (κ2) is 8.95. The summed E-state index contributed by atoms with van der Waals surface area (Å²) < 4.78 is 0. The maximum absolute atomic E-state index is 11.4. The van der Waals surface area contributed by atoms with Gasteiger partial charge in [-0.25, -0.2) is 0 Å². The molecule has 0 amide bonds. The van der Waals surface area contributed by atoms with Gasteiger partial charge in [-0.3, -0.25) is 0 Å². The molecule has 2 rings (SSSR count). The molecular weight excluding hydrogens is 320 g/mol. The van der Waals surface area contributed by atoms with E-state index in [1.807, 2.05) is 0 Å². The molecule has 0 heterocycles. The average molecular weight is 367 g/mol. The molecule has 2 heteroatoms. The third-order valence-electron chi connectivity index (χ3n) is 8.02. The van der Waals surface area contributed by atoms with Gasteiger partial charge >= 0.3 is 0 Å². The van der Waals surface area contributed by atoms with Crippen molar-refractivity contribution in [1.82, 2.24) is 0 Å². The van der Waals surface area contributed by atoms with Gasteiger partial charge in [-0.15, -0.1) is 0 Å². The zero-order valence-corrected chi connectivity index (χ0v) is 18.7. The Morgan fingerprint density at radius 3 is 1.12 bits per heavy atom. The van der Waals surface area contributed by atoms with Gasteiger partial charge in [0.2, 0.25) is 0 Å². The van der Waals surface area contributed by atoms with E-state index in [1.165, 1.54) is 12.8 Å². The van der Waals surface area contributed by atoms with Crippen LogP contribution in [0.25, 0.3) is 0 Å². The largest absolute Gasteiger partial charge is 0.392 e. The summed E-state index contributed by atoms with van der Waals surface area (Å²) in [6.45, 7) is 18.4. The summed E-state index contributed by atoms with van der Waals surface area (Å²) >= 11 is 0. The predicted molar refractivity (Wildman–Crippen MR) is 111 cm³/mol. The van der Waals surface area contributed by atoms with Crippen molar-refractivity contribution in [2.45, 2.75) is 93.3 Å². The molecule has 0 aromatic carbocycles. The topological polar surface area (TPSA) is 40.5 Å². The molecular formula is C24H46O2. The second-order valence-corrected chi connectivity index (χ2v) is 10.9. The van der Waals surface area contributed by atoms with E-state index in [0.717, 1.165) is 12.8 Å². The maximum Gasteiger partial charge on any atom is 0.0626 e. The summed E-state index contributed by atoms with van der Waals surface area (Å²) in [5, 5.41) is 22.8. The Bertz CT molecular complexity index is 374. The Balaban J connectivity index is 2.24. The standard InChI is InChI=1S/C24H46O2/c1-13(2)20(14(3)4)18-11-9-17-10-12-19(21(15(5)6)16(7)8)24(26)22(17)23(18)25/h13-26H,9-12H2,1-8H3/t17?,18-,19+,22?,23?,24?. The fourth-order valence-electron chi connectivity index (χ4n) is 7.37. The molecule has 2 aliphatic rings. The molecule has 0 bridgehead atoms. The van der Waals surface area contributed by atoms with Crippen molar-refractivity contribution in [3.05, 3.63) is 0 Å². The highest BCUT2D eigenvalue weighted by Gasteiger charge is 2.51. The lowest BCUT2D eigenvalue weighted by Gasteiger charge is -2.53. The van der Waals surface area contributed by atoms with E-state index in [1.54, 1.807) is 0 Å². The first-order valence-corrected chi connectivity index (χ1v) is 11.4. The first kappa shape index (κ1) is 22.2. The van der Waals surface area contributed by atoms with Crippen molar-refractivity contribution in [2.75, 3.05) is 0 Å². The van der Waals surface area contributed by atoms with Crippen molar-refractivity contribution < 1.29 is 10.2 Å². The summed E-state index contributed by atoms with van der Waals surface area (Å²) in [7, 11) is 0. The number of aliphatic hydroxyl groups is 2. The van der Waals surface area contributed by atoms with Crippen molar-refractivity contribution in [2.24, 2.45) is 59.2 Å². The van der Waals surface area contributed by atoms with Gasteiger partial charge in [-0.05, 0) is 78.9 Å². The first-order valence-electron chi connectivity index (χ1n) is 11.4. The highest BCUT2D eigenvalue weighted by atomic mass is 16.3. The van der Waals surface area contributed by atoms with Gasteiger partial charge in [-0.1, -0.05) is 55.4 Å². The molecule has 0 saturated heterocycles. The fourth-order valence-corrected chi connectivity index (χ4v) is 7.37. The Kier molecular flexibility index (Phi) is 7.64. The predicted octanol–water partition coefficient (Wildman–Crippen LogP) is 5.62. The van der Waals surface area contributed by atoms with Gasteiger partial charge < -0.3 is 10.2 Å². The van der Waals surface area contributed by atoms with Crippen LogP contribution >= 0.6 is 0 Å². The van der Waals surface area contributed by atoms with E-state index in [4.69, 9.17) is 0 Å². The minimum absolute atomic E-state index is 0.0903. The van der Waals surface area contributed by atoms with E-state index >= 15 is 0 Å². The van der Waals surface area contributed by atoms with Gasteiger partial charge in [0.15, 0.2) is 0 Å². The number of rotatable bonds is 6. The van der Waals surface area contributed by atoms with Crippen molar-refractivity contribution in [1.29, 1.82) is 0 Å². The molecule has 0 aliphatic heterocycles. The number of fused-ring (bicyclic) bond motifs is 1. The molecule has 0 aromatic heterocycles. The summed E-state index contributed by atoms with van der Waals surface area (Å²) in [4.78, 5) is 0. The zero-order valence-electron chi connectivity index (χ0n) is 18.7. The van der Waals surface area contributed by atoms with Crippen LogP contribution < -0.4 is 0 Å². The van der Waals surface area contributed by atoms with Crippen LogP contribution in [0.4, 0.5) is 0 Å². The molecule has 2 nitrogen and oxygen atoms in total. The monoisotopic (exact) mass is 366 g/mol. The van der Waals surface area contributed by atoms with E-state index in [2.05, 4.69) is 55.4 Å². The highest BCUT2D eigenvalue weighted by Crippen LogP contribution is 2.51. The number of hydrogen-bond donors (Lipinski definition) is 2. The SMILES string of the molecule is CC(C)C(C(C)C)[C@@H]1CCC2CC[C@H](C(C(C)C)C(C)C)C(O)C2C1O. The lowest BCUT2D eigenvalue weighted by Crippen LogP contribution is -2.54. The normalized spacial score (nSPS) is 36.0. The summed E-state index contributed by atoms with van der Waals surface area (Å²) in [6.07, 6.45) is 4.00. The van der Waals surface area contributed by atoms with Crippen molar-refractivity contribution in [3.63, 3.8) is 0 Å². The average Bonchev–Trinajstić information content (AvgIpc) is 2.50. The van der Waals surface area contributed by atoms with Crippen molar-refractivity contribution in [3.8, 4) is 0 Å². The minimum atomic E-state index is -0.332. The first-order chi connectivity index (χ1) is 12.1. The van der Waals surface area contributed by atoms with Gasteiger partial charge in [0.1, 0.15) is 0 Å². The quantitative estimate of drug-likeness (QED) is 0.641. The highest BCUT2D eigenvalue weighted by molar-refractivity contribution is 5.00. The van der Waals surface area contributed by atoms with Crippen LogP contribution in [0.1, 0.15) is 81.1 Å². The Morgan fingerprint density at radius 1 is 0.538 bits per heavy atom. The fraction of sp³-hybridized carbons (Fsp3) is 1.00. The molecule has 2 fully saturated rings. The van der Waals surface area contributed by atoms with Crippen molar-refractivity contribution >= 4 is 0 Å². The number of hydrogen-bond acceptors (Lipinski definition) is 2. The van der Waals surface area contributed by atoms with Crippen LogP contribution in [0.5, 0.6) is 0 Å². The molecule has 0 spiro atoms. The van der Waals surface area contributed by atoms with Crippen LogP contribution in [0.2, 0.25) is 0 Å². The second-order valence-electron chi connectivity index (χ2n) is 10.9. The lowest BCUT2D eigenvalue weighted by molar-refractivity contribution is -0.146. The van der Waals surface area contributed by atoms with E-state index in [-0.39, 0.29) is 18.1 Å². The third-order valence-corrected chi connectivity index (χ3v) is 8.02. The molecule has 2 aliphatic carbocycles. The van der Waals surface area contributed by atoms with Gasteiger partial charge in [0, 0.05) is 5.92 Å². The Hall–Kier alpha value is -0.0800. The molecule has 154 valence electrons. The Labute approximate surface area is 163 Å². The van der Waals surface area contributed by atoms with Gasteiger partial charge in [-0.2, -0.15) is 0 Å². The van der Waals surface area contributed by atoms with Crippen LogP contribution in [-0.4, -0.2) is 22.4 Å². The Morgan fingerprint density at radius 2 is 0.846 bits per heavy atom. The number of aliphatic hydroxyl groups excluding tert-OH is 2. The summed E-state index contributed by atoms with van der Waals surface area (Å²) in [5.41, 5.74) is 0. The van der Waals surface area contributed by atoms with E-state index < -0.39 is 0 Å². The molecule has 4 unspecified atom stereocenters. The molecule has 0 radical (unpaired) electrons.